The van der Waals surface area contributed by atoms with Gasteiger partial charge in [0, 0.05) is 43.2 Å². The van der Waals surface area contributed by atoms with Crippen LogP contribution in [-0.2, 0) is 36.8 Å². The molecule has 0 aromatic carbocycles. The van der Waals surface area contributed by atoms with Crippen LogP contribution in [0, 0.1) is 0 Å². The lowest BCUT2D eigenvalue weighted by Gasteiger charge is -2.28. The van der Waals surface area contributed by atoms with Gasteiger partial charge in [0.2, 0.25) is 23.6 Å². The van der Waals surface area contributed by atoms with E-state index in [-0.39, 0.29) is 12.8 Å². The van der Waals surface area contributed by atoms with Gasteiger partial charge in [0.05, 0.1) is 25.1 Å². The van der Waals surface area contributed by atoms with Crippen molar-refractivity contribution in [2.75, 3.05) is 6.54 Å². The highest BCUT2D eigenvalue weighted by atomic mass is 16.4. The van der Waals surface area contributed by atoms with Gasteiger partial charge in [-0.1, -0.05) is 0 Å². The summed E-state index contributed by atoms with van der Waals surface area (Å²) in [6, 6.07) is -4.61. The molecular weight excluding hydrogens is 474 g/mol. The van der Waals surface area contributed by atoms with E-state index in [0.717, 1.165) is 0 Å². The summed E-state index contributed by atoms with van der Waals surface area (Å²) in [5, 5.41) is 14.2. The molecule has 0 radical (unpaired) electrons. The molecule has 0 saturated carbocycles. The fourth-order valence-electron chi connectivity index (χ4n) is 4.00. The van der Waals surface area contributed by atoms with Crippen LogP contribution in [0.1, 0.15) is 30.7 Å². The second-order valence-electron chi connectivity index (χ2n) is 8.49. The number of carbonyl (C=O) groups excluding carboxylic acids is 4. The Morgan fingerprint density at radius 2 is 1.69 bits per heavy atom. The van der Waals surface area contributed by atoms with E-state index in [1.807, 2.05) is 0 Å². The summed E-state index contributed by atoms with van der Waals surface area (Å²) in [4.78, 5) is 76.7. The number of nitrogens with zero attached hydrogens (tertiary/aromatic N) is 3. The zero-order valence-electron chi connectivity index (χ0n) is 19.3. The Morgan fingerprint density at radius 1 is 1.06 bits per heavy atom. The molecular formula is C21H29N9O6. The number of amides is 4. The van der Waals surface area contributed by atoms with Crippen LogP contribution in [0.15, 0.2) is 25.0 Å². The first kappa shape index (κ1) is 26.3. The number of hydrogen-bond acceptors (Lipinski definition) is 8. The minimum Gasteiger partial charge on any atom is -0.480 e. The smallest absolute Gasteiger partial charge is 0.326 e. The van der Waals surface area contributed by atoms with Crippen molar-refractivity contribution in [1.82, 2.24) is 35.5 Å². The van der Waals surface area contributed by atoms with E-state index < -0.39 is 60.2 Å². The van der Waals surface area contributed by atoms with Gasteiger partial charge in [0.15, 0.2) is 0 Å². The first-order chi connectivity index (χ1) is 17.2. The molecule has 1 fully saturated rings. The molecule has 15 heteroatoms. The molecule has 2 aromatic heterocycles. The number of carboxylic acid groups (broad SMARTS) is 1. The average Bonchev–Trinajstić information content (AvgIpc) is 3.59. The molecule has 3 rings (SSSR count). The molecule has 0 bridgehead atoms. The molecule has 0 spiro atoms. The largest absolute Gasteiger partial charge is 0.480 e. The van der Waals surface area contributed by atoms with Gasteiger partial charge in [-0.25, -0.2) is 14.8 Å². The number of carboxylic acids is 1. The van der Waals surface area contributed by atoms with Gasteiger partial charge in [0.1, 0.15) is 18.1 Å². The number of aromatic nitrogens is 4. The number of nitrogens with two attached hydrogens (primary N) is 2. The Hall–Kier alpha value is -4.27. The Labute approximate surface area is 205 Å². The van der Waals surface area contributed by atoms with Gasteiger partial charge < -0.3 is 42.1 Å². The van der Waals surface area contributed by atoms with Crippen molar-refractivity contribution in [1.29, 1.82) is 0 Å². The van der Waals surface area contributed by atoms with E-state index in [2.05, 4.69) is 30.6 Å². The van der Waals surface area contributed by atoms with Crippen LogP contribution < -0.4 is 22.1 Å². The molecule has 15 nitrogen and oxygen atoms in total. The van der Waals surface area contributed by atoms with Crippen molar-refractivity contribution in [3.63, 3.8) is 0 Å². The maximum Gasteiger partial charge on any atom is 0.326 e. The van der Waals surface area contributed by atoms with Gasteiger partial charge in [-0.2, -0.15) is 0 Å². The van der Waals surface area contributed by atoms with Crippen LogP contribution in [0.25, 0.3) is 0 Å². The van der Waals surface area contributed by atoms with Crippen LogP contribution in [0.3, 0.4) is 0 Å². The molecule has 4 unspecified atom stereocenters. The number of nitrogens with one attached hydrogen (secondary N) is 4. The molecule has 2 aromatic rings. The van der Waals surface area contributed by atoms with E-state index in [4.69, 9.17) is 11.5 Å². The number of H-pyrrole nitrogens is 2. The van der Waals surface area contributed by atoms with Gasteiger partial charge in [-0.3, -0.25) is 19.2 Å². The molecule has 1 saturated heterocycles. The average molecular weight is 504 g/mol. The maximum absolute atomic E-state index is 13.0. The van der Waals surface area contributed by atoms with E-state index >= 15 is 0 Å². The number of primary amides is 1. The van der Waals surface area contributed by atoms with E-state index in [1.165, 1.54) is 23.8 Å². The summed E-state index contributed by atoms with van der Waals surface area (Å²) >= 11 is 0. The van der Waals surface area contributed by atoms with Crippen molar-refractivity contribution < 1.29 is 29.1 Å². The first-order valence-corrected chi connectivity index (χ1v) is 11.3. The maximum atomic E-state index is 13.0. The normalized spacial score (nSPS) is 17.7. The standard InChI is InChI=1S/C21H29N9O6/c22-13(4-11-7-24-9-26-11)20(34)30-3-1-2-16(30)19(33)28-14(6-17(23)31)18(32)29-15(21(35)36)5-12-8-25-10-27-12/h7-10,13-16H,1-6,22H2,(H2,23,31)(H,24,26)(H,25,27)(H,28,33)(H,29,32)(H,35,36). The summed E-state index contributed by atoms with van der Waals surface area (Å²) in [7, 11) is 0. The van der Waals surface area contributed by atoms with Crippen LogP contribution in [0.4, 0.5) is 0 Å². The Balaban J connectivity index is 1.66. The van der Waals surface area contributed by atoms with Crippen LogP contribution in [0.2, 0.25) is 0 Å². The third-order valence-electron chi connectivity index (χ3n) is 5.78. The fraction of sp³-hybridized carbons (Fsp3) is 0.476. The number of likely N-dealkylation sites (tertiary alicyclic amines) is 1. The highest BCUT2D eigenvalue weighted by molar-refractivity contribution is 5.96. The lowest BCUT2D eigenvalue weighted by Crippen LogP contribution is -2.57. The number of imidazole rings is 2. The predicted molar refractivity (Wildman–Crippen MR) is 123 cm³/mol. The summed E-state index contributed by atoms with van der Waals surface area (Å²) in [6.07, 6.45) is 6.19. The minimum absolute atomic E-state index is 0.0998. The minimum atomic E-state index is -1.44. The lowest BCUT2D eigenvalue weighted by atomic mass is 10.1. The van der Waals surface area contributed by atoms with Gasteiger partial charge in [-0.15, -0.1) is 0 Å². The summed E-state index contributed by atoms with van der Waals surface area (Å²) in [5.74, 6) is -4.21. The molecule has 0 aliphatic carbocycles. The van der Waals surface area contributed by atoms with Crippen LogP contribution >= 0.6 is 0 Å². The number of aliphatic carboxylic acids is 1. The Kier molecular flexibility index (Phi) is 8.72. The zero-order valence-corrected chi connectivity index (χ0v) is 19.3. The first-order valence-electron chi connectivity index (χ1n) is 11.3. The number of carbonyl (C=O) groups is 5. The zero-order chi connectivity index (χ0) is 26.2. The van der Waals surface area contributed by atoms with Crippen LogP contribution in [-0.4, -0.2) is 90.3 Å². The van der Waals surface area contributed by atoms with E-state index in [0.29, 0.717) is 30.8 Å². The third-order valence-corrected chi connectivity index (χ3v) is 5.78. The van der Waals surface area contributed by atoms with Gasteiger partial charge in [0.25, 0.3) is 0 Å². The quantitative estimate of drug-likeness (QED) is 0.157. The van der Waals surface area contributed by atoms with E-state index in [9.17, 15) is 29.1 Å². The third kappa shape index (κ3) is 6.88. The monoisotopic (exact) mass is 503 g/mol. The SMILES string of the molecule is NC(=O)CC(NC(=O)C1CCCN1C(=O)C(N)Cc1cnc[nH]1)C(=O)NC(Cc1cnc[nH]1)C(=O)O. The molecule has 36 heavy (non-hydrogen) atoms. The van der Waals surface area contributed by atoms with Crippen molar-refractivity contribution in [3.05, 3.63) is 36.4 Å². The summed E-state index contributed by atoms with van der Waals surface area (Å²) in [5.41, 5.74) is 12.4. The molecule has 4 atom stereocenters. The van der Waals surface area contributed by atoms with Crippen molar-refractivity contribution in [2.45, 2.75) is 56.3 Å². The van der Waals surface area contributed by atoms with Crippen LogP contribution in [0.5, 0.6) is 0 Å². The second-order valence-corrected chi connectivity index (χ2v) is 8.49. The van der Waals surface area contributed by atoms with Gasteiger partial charge in [-0.05, 0) is 12.8 Å². The van der Waals surface area contributed by atoms with Crippen molar-refractivity contribution in [2.24, 2.45) is 11.5 Å². The predicted octanol–water partition coefficient (Wildman–Crippen LogP) is -2.83. The molecule has 3 heterocycles. The number of aromatic amines is 2. The lowest BCUT2D eigenvalue weighted by molar-refractivity contribution is -0.143. The second kappa shape index (κ2) is 11.9. The van der Waals surface area contributed by atoms with E-state index in [1.54, 1.807) is 6.20 Å². The molecule has 4 amide bonds. The molecule has 194 valence electrons. The molecule has 1 aliphatic heterocycles. The van der Waals surface area contributed by atoms with Crippen molar-refractivity contribution in [3.8, 4) is 0 Å². The fourth-order valence-corrected chi connectivity index (χ4v) is 4.00. The highest BCUT2D eigenvalue weighted by Crippen LogP contribution is 2.19. The number of rotatable bonds is 12. The summed E-state index contributed by atoms with van der Waals surface area (Å²) < 4.78 is 0. The topological polar surface area (TPSA) is 242 Å². The molecule has 9 N–H and O–H groups in total. The summed E-state index contributed by atoms with van der Waals surface area (Å²) in [6.45, 7) is 0.297. The Morgan fingerprint density at radius 3 is 2.25 bits per heavy atom. The molecule has 1 aliphatic rings. The number of hydrogen-bond donors (Lipinski definition) is 7. The Bertz CT molecular complexity index is 1070. The van der Waals surface area contributed by atoms with Gasteiger partial charge >= 0.3 is 5.97 Å². The van der Waals surface area contributed by atoms with Crippen molar-refractivity contribution >= 4 is 29.6 Å². The highest BCUT2D eigenvalue weighted by Gasteiger charge is 2.38.